The first kappa shape index (κ1) is 25.4. The van der Waals surface area contributed by atoms with E-state index in [0.29, 0.717) is 13.0 Å². The molecule has 1 amide bonds. The zero-order valence-electron chi connectivity index (χ0n) is 19.1. The first-order chi connectivity index (χ1) is 16.7. The number of methoxy groups -OCH3 is 2. The largest absolute Gasteiger partial charge is 0.465 e. The van der Waals surface area contributed by atoms with Crippen molar-refractivity contribution in [3.8, 4) is 0 Å². The standard InChI is InChI=1S/C25H24N2O7S/c1-33-24(29)18-14-19(25(30)34-2)16-20(15-18)35(31,32)27-22-11-7-6-10-21(22)23(28)26-13-12-17-8-4-3-5-9-17/h3-11,14-16,27H,12-13H2,1-2H3,(H,26,28). The Morgan fingerprint density at radius 3 is 1.97 bits per heavy atom. The Balaban J connectivity index is 1.85. The van der Waals surface area contributed by atoms with E-state index < -0.39 is 27.9 Å². The number of nitrogens with one attached hydrogen (secondary N) is 2. The van der Waals surface area contributed by atoms with Crippen molar-refractivity contribution < 1.29 is 32.3 Å². The number of benzene rings is 3. The molecule has 0 unspecified atom stereocenters. The van der Waals surface area contributed by atoms with Crippen molar-refractivity contribution in [1.82, 2.24) is 5.32 Å². The van der Waals surface area contributed by atoms with Gasteiger partial charge in [-0.05, 0) is 42.3 Å². The van der Waals surface area contributed by atoms with Gasteiger partial charge in [-0.2, -0.15) is 0 Å². The molecule has 0 aliphatic heterocycles. The molecule has 2 N–H and O–H groups in total. The summed E-state index contributed by atoms with van der Waals surface area (Å²) in [6.45, 7) is 0.355. The first-order valence-corrected chi connectivity index (χ1v) is 12.0. The van der Waals surface area contributed by atoms with E-state index in [0.717, 1.165) is 31.9 Å². The Morgan fingerprint density at radius 1 is 0.800 bits per heavy atom. The Bertz CT molecular complexity index is 1300. The van der Waals surface area contributed by atoms with Crippen molar-refractivity contribution in [3.05, 3.63) is 95.1 Å². The third-order valence-corrected chi connectivity index (χ3v) is 6.36. The van der Waals surface area contributed by atoms with E-state index in [1.165, 1.54) is 18.2 Å². The summed E-state index contributed by atoms with van der Waals surface area (Å²) in [5, 5.41) is 2.78. The lowest BCUT2D eigenvalue weighted by Gasteiger charge is -2.14. The molecule has 0 heterocycles. The van der Waals surface area contributed by atoms with E-state index >= 15 is 0 Å². The molecule has 0 saturated heterocycles. The van der Waals surface area contributed by atoms with Crippen molar-refractivity contribution in [2.75, 3.05) is 25.5 Å². The number of hydrogen-bond acceptors (Lipinski definition) is 7. The van der Waals surface area contributed by atoms with Gasteiger partial charge in [-0.3, -0.25) is 9.52 Å². The quantitative estimate of drug-likeness (QED) is 0.436. The smallest absolute Gasteiger partial charge is 0.337 e. The molecule has 0 aliphatic rings. The van der Waals surface area contributed by atoms with Crippen LogP contribution in [0.5, 0.6) is 0 Å². The molecule has 9 nitrogen and oxygen atoms in total. The Morgan fingerprint density at radius 2 is 1.37 bits per heavy atom. The van der Waals surface area contributed by atoms with Crippen LogP contribution >= 0.6 is 0 Å². The maximum absolute atomic E-state index is 13.2. The second-order valence-corrected chi connectivity index (χ2v) is 9.05. The minimum Gasteiger partial charge on any atom is -0.465 e. The molecule has 0 saturated carbocycles. The molecular formula is C25H24N2O7S. The second-order valence-electron chi connectivity index (χ2n) is 7.37. The number of hydrogen-bond donors (Lipinski definition) is 2. The number of esters is 2. The fraction of sp³-hybridized carbons (Fsp3) is 0.160. The van der Waals surface area contributed by atoms with Gasteiger partial charge in [-0.15, -0.1) is 0 Å². The lowest BCUT2D eigenvalue weighted by atomic mass is 10.1. The number of para-hydroxylation sites is 1. The van der Waals surface area contributed by atoms with Gasteiger partial charge in [0.1, 0.15) is 0 Å². The van der Waals surface area contributed by atoms with E-state index in [1.807, 2.05) is 30.3 Å². The lowest BCUT2D eigenvalue weighted by Crippen LogP contribution is -2.27. The molecule has 3 rings (SSSR count). The topological polar surface area (TPSA) is 128 Å². The Hall–Kier alpha value is -4.18. The van der Waals surface area contributed by atoms with Gasteiger partial charge in [0.05, 0.1) is 41.5 Å². The van der Waals surface area contributed by atoms with Crippen molar-refractivity contribution in [2.24, 2.45) is 0 Å². The summed E-state index contributed by atoms with van der Waals surface area (Å²) in [6, 6.07) is 19.0. The molecule has 0 atom stereocenters. The van der Waals surface area contributed by atoms with Crippen LogP contribution in [0.4, 0.5) is 5.69 Å². The number of carbonyl (C=O) groups excluding carboxylic acids is 3. The van der Waals surface area contributed by atoms with Gasteiger partial charge in [0.2, 0.25) is 0 Å². The summed E-state index contributed by atoms with van der Waals surface area (Å²) in [5.41, 5.74) is 0.897. The van der Waals surface area contributed by atoms with Crippen molar-refractivity contribution in [3.63, 3.8) is 0 Å². The van der Waals surface area contributed by atoms with Gasteiger partial charge in [0.25, 0.3) is 15.9 Å². The zero-order chi connectivity index (χ0) is 25.4. The molecule has 0 aromatic heterocycles. The third kappa shape index (κ3) is 6.45. The predicted molar refractivity (Wildman–Crippen MR) is 129 cm³/mol. The van der Waals surface area contributed by atoms with E-state index in [4.69, 9.17) is 0 Å². The average Bonchev–Trinajstić information content (AvgIpc) is 2.88. The van der Waals surface area contributed by atoms with Crippen LogP contribution in [0.1, 0.15) is 36.6 Å². The van der Waals surface area contributed by atoms with Gasteiger partial charge in [-0.25, -0.2) is 18.0 Å². The molecule has 0 spiro atoms. The van der Waals surface area contributed by atoms with Crippen molar-refractivity contribution >= 4 is 33.6 Å². The maximum atomic E-state index is 13.2. The molecule has 0 radical (unpaired) electrons. The number of ether oxygens (including phenoxy) is 2. The Labute approximate surface area is 203 Å². The van der Waals surface area contributed by atoms with Crippen LogP contribution in [0.2, 0.25) is 0 Å². The molecule has 35 heavy (non-hydrogen) atoms. The molecule has 3 aromatic carbocycles. The van der Waals surface area contributed by atoms with E-state index in [9.17, 15) is 22.8 Å². The normalized spacial score (nSPS) is 10.8. The van der Waals surface area contributed by atoms with E-state index in [-0.39, 0.29) is 27.3 Å². The number of anilines is 1. The Kier molecular flexibility index (Phi) is 8.21. The zero-order valence-corrected chi connectivity index (χ0v) is 19.9. The van der Waals surface area contributed by atoms with Crippen molar-refractivity contribution in [2.45, 2.75) is 11.3 Å². The highest BCUT2D eigenvalue weighted by atomic mass is 32.2. The van der Waals surface area contributed by atoms with Gasteiger partial charge >= 0.3 is 11.9 Å². The highest BCUT2D eigenvalue weighted by Gasteiger charge is 2.23. The monoisotopic (exact) mass is 496 g/mol. The minimum atomic E-state index is -4.31. The molecule has 0 fully saturated rings. The fourth-order valence-corrected chi connectivity index (χ4v) is 4.41. The van der Waals surface area contributed by atoms with Gasteiger partial charge in [0, 0.05) is 6.54 Å². The van der Waals surface area contributed by atoms with Crippen LogP contribution in [-0.2, 0) is 25.9 Å². The lowest BCUT2D eigenvalue weighted by molar-refractivity contribution is 0.0598. The molecule has 0 bridgehead atoms. The summed E-state index contributed by atoms with van der Waals surface area (Å²) in [5.74, 6) is -2.12. The summed E-state index contributed by atoms with van der Waals surface area (Å²) >= 11 is 0. The first-order valence-electron chi connectivity index (χ1n) is 10.5. The number of sulfonamides is 1. The SMILES string of the molecule is COC(=O)c1cc(C(=O)OC)cc(S(=O)(=O)Nc2ccccc2C(=O)NCCc2ccccc2)c1. The molecule has 0 aliphatic carbocycles. The van der Waals surface area contributed by atoms with Crippen LogP contribution < -0.4 is 10.0 Å². The average molecular weight is 497 g/mol. The summed E-state index contributed by atoms with van der Waals surface area (Å²) in [7, 11) is -2.04. The van der Waals surface area contributed by atoms with Crippen LogP contribution in [0.3, 0.4) is 0 Å². The molecule has 182 valence electrons. The second kappa shape index (κ2) is 11.3. The van der Waals surface area contributed by atoms with Crippen LogP contribution in [0, 0.1) is 0 Å². The van der Waals surface area contributed by atoms with Crippen molar-refractivity contribution in [1.29, 1.82) is 0 Å². The molecule has 10 heteroatoms. The number of carbonyl (C=O) groups is 3. The minimum absolute atomic E-state index is 0.0350. The summed E-state index contributed by atoms with van der Waals surface area (Å²) < 4.78 is 38.0. The highest BCUT2D eigenvalue weighted by molar-refractivity contribution is 7.92. The molecule has 3 aromatic rings. The van der Waals surface area contributed by atoms with Gasteiger partial charge < -0.3 is 14.8 Å². The maximum Gasteiger partial charge on any atom is 0.337 e. The van der Waals surface area contributed by atoms with E-state index in [2.05, 4.69) is 19.5 Å². The predicted octanol–water partition coefficient (Wildman–Crippen LogP) is 3.03. The highest BCUT2D eigenvalue weighted by Crippen LogP contribution is 2.23. The number of rotatable bonds is 9. The van der Waals surface area contributed by atoms with Crippen LogP contribution in [0.25, 0.3) is 0 Å². The van der Waals surface area contributed by atoms with Crippen LogP contribution in [0.15, 0.2) is 77.7 Å². The third-order valence-electron chi connectivity index (χ3n) is 5.02. The summed E-state index contributed by atoms with van der Waals surface area (Å²) in [4.78, 5) is 36.4. The van der Waals surface area contributed by atoms with Gasteiger partial charge in [-0.1, -0.05) is 42.5 Å². The number of amides is 1. The van der Waals surface area contributed by atoms with E-state index in [1.54, 1.807) is 12.1 Å². The fourth-order valence-electron chi connectivity index (χ4n) is 3.26. The van der Waals surface area contributed by atoms with Crippen LogP contribution in [-0.4, -0.2) is 47.0 Å². The van der Waals surface area contributed by atoms with Gasteiger partial charge in [0.15, 0.2) is 0 Å². The molecular weight excluding hydrogens is 472 g/mol. The summed E-state index contributed by atoms with van der Waals surface area (Å²) in [6.07, 6.45) is 0.608.